The standard InChI is InChI=1S/C16H15BrINO2/c1-2-8-21-15-7-6-11(17)9-14(15)16(20)19-13-5-3-4-12(18)10-13/h3-7,9-10H,2,8H2,1H3,(H,19,20). The molecule has 0 atom stereocenters. The Kier molecular flexibility index (Phi) is 6.05. The molecule has 21 heavy (non-hydrogen) atoms. The van der Waals surface area contributed by atoms with Crippen LogP contribution in [0.2, 0.25) is 0 Å². The maximum atomic E-state index is 12.4. The predicted molar refractivity (Wildman–Crippen MR) is 97.0 cm³/mol. The van der Waals surface area contributed by atoms with Crippen molar-refractivity contribution in [3.05, 3.63) is 56.1 Å². The van der Waals surface area contributed by atoms with Gasteiger partial charge in [0.05, 0.1) is 12.2 Å². The van der Waals surface area contributed by atoms with Gasteiger partial charge in [0.25, 0.3) is 5.91 Å². The average Bonchev–Trinajstić information content (AvgIpc) is 2.46. The van der Waals surface area contributed by atoms with Gasteiger partial charge in [-0.25, -0.2) is 0 Å². The highest BCUT2D eigenvalue weighted by Crippen LogP contribution is 2.25. The third-order valence-corrected chi connectivity index (χ3v) is 3.89. The van der Waals surface area contributed by atoms with E-state index in [0.29, 0.717) is 17.9 Å². The molecule has 5 heteroatoms. The number of carbonyl (C=O) groups excluding carboxylic acids is 1. The zero-order chi connectivity index (χ0) is 15.2. The molecule has 2 aromatic carbocycles. The van der Waals surface area contributed by atoms with Crippen molar-refractivity contribution in [1.82, 2.24) is 0 Å². The first-order valence-corrected chi connectivity index (χ1v) is 8.46. The first-order chi connectivity index (χ1) is 10.1. The van der Waals surface area contributed by atoms with Gasteiger partial charge in [-0.1, -0.05) is 28.9 Å². The Morgan fingerprint density at radius 3 is 2.81 bits per heavy atom. The van der Waals surface area contributed by atoms with Crippen LogP contribution < -0.4 is 10.1 Å². The van der Waals surface area contributed by atoms with E-state index in [2.05, 4.69) is 43.8 Å². The molecular formula is C16H15BrINO2. The zero-order valence-electron chi connectivity index (χ0n) is 11.5. The summed E-state index contributed by atoms with van der Waals surface area (Å²) in [4.78, 5) is 12.4. The number of hydrogen-bond acceptors (Lipinski definition) is 2. The fraction of sp³-hybridized carbons (Fsp3) is 0.188. The smallest absolute Gasteiger partial charge is 0.259 e. The van der Waals surface area contributed by atoms with Crippen LogP contribution in [-0.2, 0) is 0 Å². The lowest BCUT2D eigenvalue weighted by Gasteiger charge is -2.12. The fourth-order valence-electron chi connectivity index (χ4n) is 1.78. The molecule has 0 unspecified atom stereocenters. The molecule has 0 fully saturated rings. The van der Waals surface area contributed by atoms with Gasteiger partial charge >= 0.3 is 0 Å². The molecule has 0 aromatic heterocycles. The number of ether oxygens (including phenoxy) is 1. The van der Waals surface area contributed by atoms with Crippen LogP contribution in [0.25, 0.3) is 0 Å². The van der Waals surface area contributed by atoms with Crippen LogP contribution in [0.3, 0.4) is 0 Å². The van der Waals surface area contributed by atoms with Crippen LogP contribution in [0.4, 0.5) is 5.69 Å². The molecule has 0 bridgehead atoms. The highest BCUT2D eigenvalue weighted by Gasteiger charge is 2.13. The number of anilines is 1. The second-order valence-corrected chi connectivity index (χ2v) is 6.61. The fourth-order valence-corrected chi connectivity index (χ4v) is 2.69. The molecule has 3 nitrogen and oxygen atoms in total. The molecule has 2 rings (SSSR count). The molecule has 0 aliphatic heterocycles. The van der Waals surface area contributed by atoms with E-state index in [0.717, 1.165) is 20.2 Å². The topological polar surface area (TPSA) is 38.3 Å². The molecule has 0 spiro atoms. The Bertz CT molecular complexity index is 646. The van der Waals surface area contributed by atoms with Crippen molar-refractivity contribution in [2.24, 2.45) is 0 Å². The minimum atomic E-state index is -0.176. The maximum Gasteiger partial charge on any atom is 0.259 e. The monoisotopic (exact) mass is 459 g/mol. The van der Waals surface area contributed by atoms with Gasteiger partial charge < -0.3 is 10.1 Å². The largest absolute Gasteiger partial charge is 0.493 e. The van der Waals surface area contributed by atoms with Crippen LogP contribution in [0.5, 0.6) is 5.75 Å². The van der Waals surface area contributed by atoms with Gasteiger partial charge in [0.15, 0.2) is 0 Å². The third-order valence-electron chi connectivity index (χ3n) is 2.73. The van der Waals surface area contributed by atoms with E-state index in [-0.39, 0.29) is 5.91 Å². The highest BCUT2D eigenvalue weighted by atomic mass is 127. The number of benzene rings is 2. The summed E-state index contributed by atoms with van der Waals surface area (Å²) in [5, 5.41) is 2.90. The summed E-state index contributed by atoms with van der Waals surface area (Å²) in [6, 6.07) is 13.1. The van der Waals surface area contributed by atoms with Gasteiger partial charge in [-0.2, -0.15) is 0 Å². The number of rotatable bonds is 5. The number of hydrogen-bond donors (Lipinski definition) is 1. The molecule has 0 saturated carbocycles. The molecule has 0 aliphatic rings. The molecule has 0 radical (unpaired) electrons. The summed E-state index contributed by atoms with van der Waals surface area (Å²) in [7, 11) is 0. The van der Waals surface area contributed by atoms with E-state index < -0.39 is 0 Å². The SMILES string of the molecule is CCCOc1ccc(Br)cc1C(=O)Nc1cccc(I)c1. The van der Waals surface area contributed by atoms with Gasteiger partial charge in [0.1, 0.15) is 5.75 Å². The second-order valence-electron chi connectivity index (χ2n) is 4.45. The van der Waals surface area contributed by atoms with Crippen LogP contribution in [0.1, 0.15) is 23.7 Å². The number of nitrogens with one attached hydrogen (secondary N) is 1. The van der Waals surface area contributed by atoms with E-state index in [9.17, 15) is 4.79 Å². The molecule has 1 N–H and O–H groups in total. The summed E-state index contributed by atoms with van der Waals surface area (Å²) < 4.78 is 7.56. The van der Waals surface area contributed by atoms with Crippen LogP contribution in [0, 0.1) is 3.57 Å². The predicted octanol–water partition coefficient (Wildman–Crippen LogP) is 5.09. The Hall–Kier alpha value is -1.08. The molecule has 2 aromatic rings. The first kappa shape index (κ1) is 16.3. The molecule has 1 amide bonds. The summed E-state index contributed by atoms with van der Waals surface area (Å²) in [5.74, 6) is 0.424. The van der Waals surface area contributed by atoms with Gasteiger partial charge in [-0.15, -0.1) is 0 Å². The quantitative estimate of drug-likeness (QED) is 0.632. The van der Waals surface area contributed by atoms with Gasteiger partial charge in [0, 0.05) is 13.7 Å². The lowest BCUT2D eigenvalue weighted by Crippen LogP contribution is -2.14. The van der Waals surface area contributed by atoms with Crippen molar-refractivity contribution >= 4 is 50.1 Å². The number of carbonyl (C=O) groups is 1. The van der Waals surface area contributed by atoms with Gasteiger partial charge in [-0.3, -0.25) is 4.79 Å². The zero-order valence-corrected chi connectivity index (χ0v) is 15.3. The number of amides is 1. The lowest BCUT2D eigenvalue weighted by molar-refractivity contribution is 0.102. The highest BCUT2D eigenvalue weighted by molar-refractivity contribution is 14.1. The van der Waals surface area contributed by atoms with Crippen molar-refractivity contribution in [3.8, 4) is 5.75 Å². The van der Waals surface area contributed by atoms with Crippen LogP contribution >= 0.6 is 38.5 Å². The van der Waals surface area contributed by atoms with Crippen molar-refractivity contribution < 1.29 is 9.53 Å². The van der Waals surface area contributed by atoms with Crippen LogP contribution in [-0.4, -0.2) is 12.5 Å². The molecule has 110 valence electrons. The van der Waals surface area contributed by atoms with E-state index in [4.69, 9.17) is 4.74 Å². The van der Waals surface area contributed by atoms with Crippen molar-refractivity contribution in [2.75, 3.05) is 11.9 Å². The molecule has 0 aliphatic carbocycles. The Labute approximate surface area is 146 Å². The van der Waals surface area contributed by atoms with Crippen molar-refractivity contribution in [3.63, 3.8) is 0 Å². The summed E-state index contributed by atoms with van der Waals surface area (Å²) >= 11 is 5.61. The third kappa shape index (κ3) is 4.71. The lowest BCUT2D eigenvalue weighted by atomic mass is 10.2. The number of halogens is 2. The minimum absolute atomic E-state index is 0.176. The maximum absolute atomic E-state index is 12.4. The van der Waals surface area contributed by atoms with E-state index in [1.54, 1.807) is 6.07 Å². The second kappa shape index (κ2) is 7.79. The van der Waals surface area contributed by atoms with Gasteiger partial charge in [-0.05, 0) is 65.4 Å². The van der Waals surface area contributed by atoms with E-state index >= 15 is 0 Å². The molecule has 0 saturated heterocycles. The minimum Gasteiger partial charge on any atom is -0.493 e. The average molecular weight is 460 g/mol. The summed E-state index contributed by atoms with van der Waals surface area (Å²) in [6.07, 6.45) is 0.897. The van der Waals surface area contributed by atoms with Crippen molar-refractivity contribution in [1.29, 1.82) is 0 Å². The Morgan fingerprint density at radius 1 is 1.29 bits per heavy atom. The van der Waals surface area contributed by atoms with E-state index in [1.165, 1.54) is 0 Å². The summed E-state index contributed by atoms with van der Waals surface area (Å²) in [6.45, 7) is 2.62. The Balaban J connectivity index is 2.23. The van der Waals surface area contributed by atoms with Gasteiger partial charge in [0.2, 0.25) is 0 Å². The normalized spacial score (nSPS) is 10.2. The molecular weight excluding hydrogens is 445 g/mol. The first-order valence-electron chi connectivity index (χ1n) is 6.59. The summed E-state index contributed by atoms with van der Waals surface area (Å²) in [5.41, 5.74) is 1.30. The molecule has 0 heterocycles. The van der Waals surface area contributed by atoms with E-state index in [1.807, 2.05) is 43.3 Å². The van der Waals surface area contributed by atoms with Crippen LogP contribution in [0.15, 0.2) is 46.9 Å². The van der Waals surface area contributed by atoms with Crippen molar-refractivity contribution in [2.45, 2.75) is 13.3 Å². The Morgan fingerprint density at radius 2 is 2.10 bits per heavy atom.